The average molecular weight is 304 g/mol. The number of rotatable bonds is 3. The van der Waals surface area contributed by atoms with Crippen molar-refractivity contribution in [2.45, 2.75) is 25.8 Å². The number of fused-ring (bicyclic) bond motifs is 1. The van der Waals surface area contributed by atoms with Gasteiger partial charge in [-0.3, -0.25) is 9.59 Å². The quantitative estimate of drug-likeness (QED) is 0.809. The van der Waals surface area contributed by atoms with Crippen LogP contribution in [0.15, 0.2) is 18.2 Å². The minimum absolute atomic E-state index is 0.0337. The fraction of sp³-hybridized carbons (Fsp3) is 0.357. The molecule has 1 unspecified atom stereocenters. The minimum atomic E-state index is -0.119. The van der Waals surface area contributed by atoms with Gasteiger partial charge in [0.2, 0.25) is 11.8 Å². The third kappa shape index (κ3) is 3.20. The number of carbonyl (C=O) groups is 2. The van der Waals surface area contributed by atoms with Crippen molar-refractivity contribution in [2.75, 3.05) is 17.2 Å². The van der Waals surface area contributed by atoms with E-state index in [-0.39, 0.29) is 17.9 Å². The number of hydrogen-bond acceptors (Lipinski definition) is 5. The maximum Gasteiger partial charge on any atom is 0.243 e. The van der Waals surface area contributed by atoms with Gasteiger partial charge in [-0.25, -0.2) is 4.98 Å². The molecule has 0 bridgehead atoms. The maximum atomic E-state index is 12.0. The van der Waals surface area contributed by atoms with Crippen molar-refractivity contribution < 1.29 is 9.59 Å². The smallest absolute Gasteiger partial charge is 0.243 e. The minimum Gasteiger partial charge on any atom is -0.326 e. The molecule has 0 aliphatic carbocycles. The van der Waals surface area contributed by atoms with E-state index in [0.717, 1.165) is 35.3 Å². The number of hydrogen-bond donors (Lipinski definition) is 3. The zero-order valence-corrected chi connectivity index (χ0v) is 12.4. The number of carbonyl (C=O) groups excluding carboxylic acids is 2. The van der Waals surface area contributed by atoms with Crippen LogP contribution in [0.2, 0.25) is 0 Å². The molecule has 21 heavy (non-hydrogen) atoms. The Bertz CT molecular complexity index is 691. The number of nitrogens with zero attached hydrogens (tertiary/aromatic N) is 1. The Morgan fingerprint density at radius 1 is 1.38 bits per heavy atom. The van der Waals surface area contributed by atoms with Gasteiger partial charge in [0.1, 0.15) is 0 Å². The molecule has 2 aromatic rings. The van der Waals surface area contributed by atoms with E-state index in [0.29, 0.717) is 5.13 Å². The lowest BCUT2D eigenvalue weighted by Crippen LogP contribution is -2.35. The first kappa shape index (κ1) is 14.0. The van der Waals surface area contributed by atoms with Crippen molar-refractivity contribution in [3.8, 4) is 0 Å². The highest BCUT2D eigenvalue weighted by Crippen LogP contribution is 2.28. The van der Waals surface area contributed by atoms with E-state index in [9.17, 15) is 9.59 Å². The van der Waals surface area contributed by atoms with Crippen LogP contribution < -0.4 is 16.0 Å². The average Bonchev–Trinajstić information content (AvgIpc) is 3.05. The lowest BCUT2D eigenvalue weighted by molar-refractivity contribution is -0.117. The third-order valence-corrected chi connectivity index (χ3v) is 4.25. The first-order valence-electron chi connectivity index (χ1n) is 6.84. The molecule has 0 radical (unpaired) electrons. The monoisotopic (exact) mass is 304 g/mol. The molecule has 1 saturated heterocycles. The summed E-state index contributed by atoms with van der Waals surface area (Å²) in [4.78, 5) is 27.5. The summed E-state index contributed by atoms with van der Waals surface area (Å²) in [6.45, 7) is 2.36. The Morgan fingerprint density at radius 2 is 2.24 bits per heavy atom. The molecule has 1 aliphatic rings. The van der Waals surface area contributed by atoms with Crippen LogP contribution in [-0.2, 0) is 9.59 Å². The molecular weight excluding hydrogens is 288 g/mol. The standard InChI is InChI=1S/C14H16N4O2S/c1-8(19)16-9-4-5-10-12(7-9)21-14(17-10)18-13(20)11-3-2-6-15-11/h4-5,7,11,15H,2-3,6H2,1H3,(H,16,19)(H,17,18,20). The molecule has 0 saturated carbocycles. The van der Waals surface area contributed by atoms with Crippen LogP contribution in [0.4, 0.5) is 10.8 Å². The summed E-state index contributed by atoms with van der Waals surface area (Å²) in [5, 5.41) is 9.33. The fourth-order valence-corrected chi connectivity index (χ4v) is 3.27. The Labute approximate surface area is 125 Å². The van der Waals surface area contributed by atoms with Crippen molar-refractivity contribution >= 4 is 44.2 Å². The molecule has 6 nitrogen and oxygen atoms in total. The molecular formula is C14H16N4O2S. The maximum absolute atomic E-state index is 12.0. The van der Waals surface area contributed by atoms with E-state index in [4.69, 9.17) is 0 Å². The van der Waals surface area contributed by atoms with Crippen molar-refractivity contribution in [1.82, 2.24) is 10.3 Å². The number of thiazole rings is 1. The van der Waals surface area contributed by atoms with Crippen molar-refractivity contribution in [2.24, 2.45) is 0 Å². The van der Waals surface area contributed by atoms with E-state index in [2.05, 4.69) is 20.9 Å². The van der Waals surface area contributed by atoms with Gasteiger partial charge in [-0.15, -0.1) is 0 Å². The molecule has 2 heterocycles. The normalized spacial score (nSPS) is 17.9. The molecule has 1 aromatic heterocycles. The van der Waals surface area contributed by atoms with Gasteiger partial charge in [0, 0.05) is 12.6 Å². The Balaban J connectivity index is 1.77. The second-order valence-corrected chi connectivity index (χ2v) is 6.05. The van der Waals surface area contributed by atoms with Crippen LogP contribution in [-0.4, -0.2) is 29.4 Å². The summed E-state index contributed by atoms with van der Waals surface area (Å²) in [6.07, 6.45) is 1.89. The van der Waals surface area contributed by atoms with Crippen molar-refractivity contribution in [3.05, 3.63) is 18.2 Å². The van der Waals surface area contributed by atoms with Gasteiger partial charge in [-0.1, -0.05) is 11.3 Å². The molecule has 1 atom stereocenters. The molecule has 7 heteroatoms. The first-order chi connectivity index (χ1) is 10.1. The summed E-state index contributed by atoms with van der Waals surface area (Å²) in [6, 6.07) is 5.37. The summed E-state index contributed by atoms with van der Waals surface area (Å²) < 4.78 is 0.927. The van der Waals surface area contributed by atoms with Crippen LogP contribution in [0, 0.1) is 0 Å². The lowest BCUT2D eigenvalue weighted by atomic mass is 10.2. The van der Waals surface area contributed by atoms with Gasteiger partial charge < -0.3 is 16.0 Å². The first-order valence-corrected chi connectivity index (χ1v) is 7.66. The Morgan fingerprint density at radius 3 is 2.95 bits per heavy atom. The molecule has 110 valence electrons. The molecule has 2 amide bonds. The number of amides is 2. The highest BCUT2D eigenvalue weighted by molar-refractivity contribution is 7.22. The highest BCUT2D eigenvalue weighted by Gasteiger charge is 2.22. The molecule has 1 aromatic carbocycles. The predicted molar refractivity (Wildman–Crippen MR) is 83.6 cm³/mol. The summed E-state index contributed by atoms with van der Waals surface area (Å²) in [7, 11) is 0. The fourth-order valence-electron chi connectivity index (χ4n) is 2.36. The second-order valence-electron chi connectivity index (χ2n) is 5.02. The molecule has 1 fully saturated rings. The second kappa shape index (κ2) is 5.79. The van der Waals surface area contributed by atoms with Gasteiger partial charge in [-0.05, 0) is 37.6 Å². The van der Waals surface area contributed by atoms with Crippen LogP contribution in [0.5, 0.6) is 0 Å². The highest BCUT2D eigenvalue weighted by atomic mass is 32.1. The zero-order chi connectivity index (χ0) is 14.8. The van der Waals surface area contributed by atoms with Crippen LogP contribution in [0.3, 0.4) is 0 Å². The predicted octanol–water partition coefficient (Wildman–Crippen LogP) is 1.95. The van der Waals surface area contributed by atoms with E-state index in [1.807, 2.05) is 12.1 Å². The van der Waals surface area contributed by atoms with Gasteiger partial charge in [0.25, 0.3) is 0 Å². The summed E-state index contributed by atoms with van der Waals surface area (Å²) >= 11 is 1.40. The Kier molecular flexibility index (Phi) is 3.85. The number of benzene rings is 1. The summed E-state index contributed by atoms with van der Waals surface area (Å²) in [5.74, 6) is -0.145. The van der Waals surface area contributed by atoms with Gasteiger partial charge in [0.15, 0.2) is 5.13 Å². The number of aromatic nitrogens is 1. The Hall–Kier alpha value is -1.99. The van der Waals surface area contributed by atoms with E-state index < -0.39 is 0 Å². The van der Waals surface area contributed by atoms with Gasteiger partial charge in [-0.2, -0.15) is 0 Å². The topological polar surface area (TPSA) is 83.1 Å². The van der Waals surface area contributed by atoms with Gasteiger partial charge >= 0.3 is 0 Å². The largest absolute Gasteiger partial charge is 0.326 e. The van der Waals surface area contributed by atoms with Crippen molar-refractivity contribution in [3.63, 3.8) is 0 Å². The number of anilines is 2. The van der Waals surface area contributed by atoms with E-state index >= 15 is 0 Å². The lowest BCUT2D eigenvalue weighted by Gasteiger charge is -2.08. The van der Waals surface area contributed by atoms with Crippen LogP contribution in [0.25, 0.3) is 10.2 Å². The van der Waals surface area contributed by atoms with E-state index in [1.165, 1.54) is 18.3 Å². The van der Waals surface area contributed by atoms with Gasteiger partial charge in [0.05, 0.1) is 16.3 Å². The molecule has 0 spiro atoms. The number of nitrogens with one attached hydrogen (secondary N) is 3. The van der Waals surface area contributed by atoms with Crippen LogP contribution >= 0.6 is 11.3 Å². The van der Waals surface area contributed by atoms with Crippen molar-refractivity contribution in [1.29, 1.82) is 0 Å². The van der Waals surface area contributed by atoms with E-state index in [1.54, 1.807) is 6.07 Å². The zero-order valence-electron chi connectivity index (χ0n) is 11.6. The molecule has 1 aliphatic heterocycles. The third-order valence-electron chi connectivity index (χ3n) is 3.32. The van der Waals surface area contributed by atoms with Crippen LogP contribution in [0.1, 0.15) is 19.8 Å². The molecule has 3 rings (SSSR count). The summed E-state index contributed by atoms with van der Waals surface area (Å²) in [5.41, 5.74) is 1.54. The SMILES string of the molecule is CC(=O)Nc1ccc2nc(NC(=O)C3CCCN3)sc2c1. The molecule has 3 N–H and O–H groups in total.